The maximum absolute atomic E-state index is 12.1. The third-order valence-corrected chi connectivity index (χ3v) is 5.17. The summed E-state index contributed by atoms with van der Waals surface area (Å²) in [6, 6.07) is 7.01. The summed E-state index contributed by atoms with van der Waals surface area (Å²) in [5.74, 6) is 2.63. The molecule has 1 unspecified atom stereocenters. The lowest BCUT2D eigenvalue weighted by atomic mass is 10.00. The predicted octanol–water partition coefficient (Wildman–Crippen LogP) is 2.38. The molecule has 2 nitrogen and oxygen atoms in total. The maximum atomic E-state index is 12.1. The van der Waals surface area contributed by atoms with Gasteiger partial charge in [-0.05, 0) is 36.0 Å². The highest BCUT2D eigenvalue weighted by Gasteiger charge is 2.17. The molecule has 1 N–H and O–H groups in total. The molecule has 1 aliphatic heterocycles. The van der Waals surface area contributed by atoms with Crippen LogP contribution < -0.4 is 5.32 Å². The molecule has 2 aliphatic rings. The molecule has 19 heavy (non-hydrogen) atoms. The van der Waals surface area contributed by atoms with Crippen molar-refractivity contribution >= 4 is 17.5 Å². The third-order valence-electron chi connectivity index (χ3n) is 4.04. The van der Waals surface area contributed by atoms with Crippen molar-refractivity contribution < 1.29 is 4.79 Å². The van der Waals surface area contributed by atoms with Crippen molar-refractivity contribution in [1.29, 1.82) is 0 Å². The van der Waals surface area contributed by atoms with Crippen LogP contribution in [0, 0.1) is 0 Å². The Hall–Kier alpha value is -0.800. The molecule has 1 aromatic rings. The van der Waals surface area contributed by atoms with Crippen LogP contribution in [0.2, 0.25) is 0 Å². The number of ketones is 1. The van der Waals surface area contributed by atoms with E-state index in [1.54, 1.807) is 0 Å². The second kappa shape index (κ2) is 6.10. The Morgan fingerprint density at radius 3 is 3.05 bits per heavy atom. The summed E-state index contributed by atoms with van der Waals surface area (Å²) < 4.78 is 0. The molecular formula is C16H21NOS. The molecule has 1 aromatic carbocycles. The number of carbonyl (C=O) groups excluding carboxylic acids is 1. The molecule has 0 amide bonds. The summed E-state index contributed by atoms with van der Waals surface area (Å²) >= 11 is 1.95. The topological polar surface area (TPSA) is 29.1 Å². The molecule has 3 rings (SSSR count). The average Bonchev–Trinajstić information content (AvgIpc) is 2.87. The zero-order chi connectivity index (χ0) is 13.1. The number of hydrogen-bond acceptors (Lipinski definition) is 3. The minimum atomic E-state index is 0.373. The molecule has 0 radical (unpaired) electrons. The first-order chi connectivity index (χ1) is 9.31. The van der Waals surface area contributed by atoms with E-state index >= 15 is 0 Å². The van der Waals surface area contributed by atoms with Crippen LogP contribution in [0.25, 0.3) is 0 Å². The van der Waals surface area contributed by atoms with Gasteiger partial charge in [-0.25, -0.2) is 0 Å². The Labute approximate surface area is 119 Å². The molecule has 0 aromatic heterocycles. The van der Waals surface area contributed by atoms with E-state index in [1.165, 1.54) is 41.7 Å². The Morgan fingerprint density at radius 1 is 1.32 bits per heavy atom. The summed E-state index contributed by atoms with van der Waals surface area (Å²) in [6.45, 7) is 1.04. The monoisotopic (exact) mass is 275 g/mol. The van der Waals surface area contributed by atoms with Crippen molar-refractivity contribution in [3.8, 4) is 0 Å². The molecule has 1 saturated heterocycles. The van der Waals surface area contributed by atoms with Crippen molar-refractivity contribution in [3.05, 3.63) is 34.9 Å². The van der Waals surface area contributed by atoms with Gasteiger partial charge in [-0.15, -0.1) is 0 Å². The van der Waals surface area contributed by atoms with E-state index in [-0.39, 0.29) is 0 Å². The van der Waals surface area contributed by atoms with Gasteiger partial charge < -0.3 is 5.32 Å². The number of aryl methyl sites for hydroxylation is 2. The lowest BCUT2D eigenvalue weighted by Gasteiger charge is -2.22. The Balaban J connectivity index is 1.56. The molecule has 3 heteroatoms. The number of benzene rings is 1. The van der Waals surface area contributed by atoms with Gasteiger partial charge in [0.2, 0.25) is 0 Å². The van der Waals surface area contributed by atoms with Crippen molar-refractivity contribution in [2.45, 2.75) is 38.1 Å². The average molecular weight is 275 g/mol. The van der Waals surface area contributed by atoms with E-state index in [2.05, 4.69) is 23.5 Å². The molecule has 102 valence electrons. The molecule has 0 spiro atoms. The summed E-state index contributed by atoms with van der Waals surface area (Å²) in [5.41, 5.74) is 4.16. The number of carbonyl (C=O) groups is 1. The van der Waals surface area contributed by atoms with E-state index < -0.39 is 0 Å². The zero-order valence-electron chi connectivity index (χ0n) is 11.3. The lowest BCUT2D eigenvalue weighted by molar-refractivity contribution is -0.118. The molecule has 0 bridgehead atoms. The fraction of sp³-hybridized carbons (Fsp3) is 0.562. The van der Waals surface area contributed by atoms with Gasteiger partial charge in [0.25, 0.3) is 0 Å². The second-order valence-corrected chi connectivity index (χ2v) is 6.75. The van der Waals surface area contributed by atoms with E-state index in [0.717, 1.165) is 12.3 Å². The summed E-state index contributed by atoms with van der Waals surface area (Å²) in [4.78, 5) is 12.1. The van der Waals surface area contributed by atoms with Crippen molar-refractivity contribution in [2.75, 3.05) is 18.1 Å². The van der Waals surface area contributed by atoms with Gasteiger partial charge in [0.15, 0.2) is 0 Å². The largest absolute Gasteiger partial charge is 0.312 e. The SMILES string of the molecule is O=C(Cc1ccc2c(c1)CCC2)CC1CSCCN1. The van der Waals surface area contributed by atoms with Gasteiger partial charge >= 0.3 is 0 Å². The van der Waals surface area contributed by atoms with Crippen LogP contribution in [-0.4, -0.2) is 29.9 Å². The Kier molecular flexibility index (Phi) is 4.24. The van der Waals surface area contributed by atoms with Crippen molar-refractivity contribution in [2.24, 2.45) is 0 Å². The third kappa shape index (κ3) is 3.40. The Bertz CT molecular complexity index is 466. The van der Waals surface area contributed by atoms with Gasteiger partial charge in [0, 0.05) is 36.9 Å². The van der Waals surface area contributed by atoms with E-state index in [1.807, 2.05) is 11.8 Å². The van der Waals surface area contributed by atoms with E-state index in [0.29, 0.717) is 24.7 Å². The lowest BCUT2D eigenvalue weighted by Crippen LogP contribution is -2.39. The Morgan fingerprint density at radius 2 is 2.21 bits per heavy atom. The van der Waals surface area contributed by atoms with Gasteiger partial charge in [-0.1, -0.05) is 18.2 Å². The number of rotatable bonds is 4. The molecule has 1 heterocycles. The number of Topliss-reactive ketones (excluding diaryl/α,β-unsaturated/α-hetero) is 1. The zero-order valence-corrected chi connectivity index (χ0v) is 12.1. The van der Waals surface area contributed by atoms with Gasteiger partial charge in [-0.2, -0.15) is 11.8 Å². The van der Waals surface area contributed by atoms with Gasteiger partial charge in [-0.3, -0.25) is 4.79 Å². The van der Waals surface area contributed by atoms with Crippen LogP contribution in [0.1, 0.15) is 29.5 Å². The van der Waals surface area contributed by atoms with E-state index in [9.17, 15) is 4.79 Å². The normalized spacial score (nSPS) is 22.2. The second-order valence-electron chi connectivity index (χ2n) is 5.60. The van der Waals surface area contributed by atoms with Gasteiger partial charge in [0.05, 0.1) is 0 Å². The van der Waals surface area contributed by atoms with E-state index in [4.69, 9.17) is 0 Å². The molecule has 0 saturated carbocycles. The number of hydrogen-bond donors (Lipinski definition) is 1. The highest BCUT2D eigenvalue weighted by Crippen LogP contribution is 2.23. The highest BCUT2D eigenvalue weighted by molar-refractivity contribution is 7.99. The molecular weight excluding hydrogens is 254 g/mol. The van der Waals surface area contributed by atoms with Crippen molar-refractivity contribution in [3.63, 3.8) is 0 Å². The molecule has 1 aliphatic carbocycles. The van der Waals surface area contributed by atoms with Gasteiger partial charge in [0.1, 0.15) is 5.78 Å². The smallest absolute Gasteiger partial charge is 0.138 e. The fourth-order valence-electron chi connectivity index (χ4n) is 3.06. The highest BCUT2D eigenvalue weighted by atomic mass is 32.2. The van der Waals surface area contributed by atoms with Crippen LogP contribution in [0.3, 0.4) is 0 Å². The number of nitrogens with one attached hydrogen (secondary N) is 1. The summed E-state index contributed by atoms with van der Waals surface area (Å²) in [7, 11) is 0. The first kappa shape index (κ1) is 13.2. The molecule has 1 fully saturated rings. The maximum Gasteiger partial charge on any atom is 0.138 e. The standard InChI is InChI=1S/C16H21NOS/c18-16(10-15-11-19-7-6-17-15)9-12-4-5-13-2-1-3-14(13)8-12/h4-5,8,15,17H,1-3,6-7,9-11H2. The fourth-order valence-corrected chi connectivity index (χ4v) is 4.01. The van der Waals surface area contributed by atoms with Crippen LogP contribution in [0.5, 0.6) is 0 Å². The minimum absolute atomic E-state index is 0.373. The first-order valence-electron chi connectivity index (χ1n) is 7.25. The first-order valence-corrected chi connectivity index (χ1v) is 8.40. The van der Waals surface area contributed by atoms with Crippen LogP contribution in [-0.2, 0) is 24.1 Å². The summed E-state index contributed by atoms with van der Waals surface area (Å²) in [6.07, 6.45) is 4.97. The van der Waals surface area contributed by atoms with Crippen LogP contribution >= 0.6 is 11.8 Å². The number of thioether (sulfide) groups is 1. The minimum Gasteiger partial charge on any atom is -0.312 e. The predicted molar refractivity (Wildman–Crippen MR) is 80.9 cm³/mol. The van der Waals surface area contributed by atoms with Crippen LogP contribution in [0.4, 0.5) is 0 Å². The van der Waals surface area contributed by atoms with Crippen molar-refractivity contribution in [1.82, 2.24) is 5.32 Å². The summed E-state index contributed by atoms with van der Waals surface area (Å²) in [5, 5.41) is 3.44. The molecule has 1 atom stereocenters. The van der Waals surface area contributed by atoms with Crippen LogP contribution in [0.15, 0.2) is 18.2 Å². The number of fused-ring (bicyclic) bond motifs is 1. The quantitative estimate of drug-likeness (QED) is 0.915.